The molecule has 1 fully saturated rings. The predicted octanol–water partition coefficient (Wildman–Crippen LogP) is 2.94. The maximum absolute atomic E-state index is 13.9. The van der Waals surface area contributed by atoms with Crippen LogP contribution < -0.4 is 4.90 Å². The monoisotopic (exact) mass is 255 g/mol. The topological polar surface area (TPSA) is 23.5 Å². The number of aliphatic hydroxyl groups is 1. The molecular weight excluding hydrogens is 236 g/mol. The lowest BCUT2D eigenvalue weighted by atomic mass is 9.95. The summed E-state index contributed by atoms with van der Waals surface area (Å²) in [6, 6.07) is 2.42. The van der Waals surface area contributed by atoms with Gasteiger partial charge in [0.15, 0.2) is 0 Å². The summed E-state index contributed by atoms with van der Waals surface area (Å²) < 4.78 is 27.8. The number of halogens is 2. The molecule has 0 aliphatic carbocycles. The fourth-order valence-corrected chi connectivity index (χ4v) is 2.55. The van der Waals surface area contributed by atoms with Crippen molar-refractivity contribution in [2.24, 2.45) is 11.8 Å². The summed E-state index contributed by atoms with van der Waals surface area (Å²) in [4.78, 5) is 1.77. The Kier molecular flexibility index (Phi) is 3.85. The average molecular weight is 255 g/mol. The zero-order chi connectivity index (χ0) is 13.3. The van der Waals surface area contributed by atoms with Crippen molar-refractivity contribution in [1.82, 2.24) is 0 Å². The molecule has 1 aromatic carbocycles. The van der Waals surface area contributed by atoms with Gasteiger partial charge in [-0.1, -0.05) is 13.8 Å². The molecule has 1 unspecified atom stereocenters. The Morgan fingerprint density at radius 1 is 1.33 bits per heavy atom. The molecule has 0 saturated carbocycles. The molecular formula is C14H19F2NO. The first-order chi connectivity index (χ1) is 8.52. The first kappa shape index (κ1) is 13.3. The van der Waals surface area contributed by atoms with E-state index >= 15 is 0 Å². The molecule has 1 aliphatic rings. The fourth-order valence-electron chi connectivity index (χ4n) is 2.55. The summed E-state index contributed by atoms with van der Waals surface area (Å²) in [5.74, 6) is -0.147. The van der Waals surface area contributed by atoms with Crippen molar-refractivity contribution in [2.45, 2.75) is 26.9 Å². The number of rotatable bonds is 3. The fraction of sp³-hybridized carbons (Fsp3) is 0.571. The van der Waals surface area contributed by atoms with E-state index in [1.54, 1.807) is 4.90 Å². The van der Waals surface area contributed by atoms with Crippen LogP contribution in [-0.4, -0.2) is 18.2 Å². The third-order valence-corrected chi connectivity index (χ3v) is 3.74. The van der Waals surface area contributed by atoms with Crippen LogP contribution >= 0.6 is 0 Å². The minimum Gasteiger partial charge on any atom is -0.392 e. The van der Waals surface area contributed by atoms with E-state index in [1.165, 1.54) is 12.1 Å². The highest BCUT2D eigenvalue weighted by Crippen LogP contribution is 2.32. The van der Waals surface area contributed by atoms with E-state index in [9.17, 15) is 8.78 Å². The second-order valence-electron chi connectivity index (χ2n) is 5.30. The van der Waals surface area contributed by atoms with Gasteiger partial charge in [0.25, 0.3) is 0 Å². The summed E-state index contributed by atoms with van der Waals surface area (Å²) >= 11 is 0. The van der Waals surface area contributed by atoms with Crippen molar-refractivity contribution < 1.29 is 13.9 Å². The molecule has 1 saturated heterocycles. The molecule has 2 rings (SSSR count). The Morgan fingerprint density at radius 3 is 2.39 bits per heavy atom. The highest BCUT2D eigenvalue weighted by atomic mass is 19.1. The standard InChI is InChI=1S/C14H19F2NO/c1-9(2)11-3-4-17(7-11)14-12(15)5-10(8-18)6-13(14)16/h5-6,9,11,18H,3-4,7-8H2,1-2H3. The van der Waals surface area contributed by atoms with Gasteiger partial charge in [0, 0.05) is 13.1 Å². The lowest BCUT2D eigenvalue weighted by Crippen LogP contribution is -2.23. The van der Waals surface area contributed by atoms with E-state index in [0.717, 1.165) is 6.42 Å². The SMILES string of the molecule is CC(C)C1CCN(c2c(F)cc(CO)cc2F)C1. The number of hydrogen-bond donors (Lipinski definition) is 1. The summed E-state index contributed by atoms with van der Waals surface area (Å²) in [5, 5.41) is 8.91. The third kappa shape index (κ3) is 2.48. The van der Waals surface area contributed by atoms with Crippen LogP contribution in [0.15, 0.2) is 12.1 Å². The Bertz CT molecular complexity index is 411. The lowest BCUT2D eigenvalue weighted by Gasteiger charge is -2.21. The quantitative estimate of drug-likeness (QED) is 0.897. The second-order valence-corrected chi connectivity index (χ2v) is 5.30. The first-order valence-corrected chi connectivity index (χ1v) is 6.36. The molecule has 2 nitrogen and oxygen atoms in total. The van der Waals surface area contributed by atoms with Crippen LogP contribution in [0.1, 0.15) is 25.8 Å². The molecule has 1 atom stereocenters. The van der Waals surface area contributed by atoms with Crippen LogP contribution in [0, 0.1) is 23.5 Å². The van der Waals surface area contributed by atoms with Crippen molar-refractivity contribution in [3.05, 3.63) is 29.3 Å². The Balaban J connectivity index is 2.24. The molecule has 0 aromatic heterocycles. The number of anilines is 1. The van der Waals surface area contributed by atoms with E-state index < -0.39 is 11.6 Å². The van der Waals surface area contributed by atoms with Crippen molar-refractivity contribution in [1.29, 1.82) is 0 Å². The molecule has 1 N–H and O–H groups in total. The number of aliphatic hydroxyl groups excluding tert-OH is 1. The normalized spacial score (nSPS) is 19.9. The van der Waals surface area contributed by atoms with Gasteiger partial charge in [-0.2, -0.15) is 0 Å². The number of hydrogen-bond acceptors (Lipinski definition) is 2. The van der Waals surface area contributed by atoms with E-state index in [2.05, 4.69) is 13.8 Å². The average Bonchev–Trinajstić information content (AvgIpc) is 2.77. The molecule has 1 aliphatic heterocycles. The minimum absolute atomic E-state index is 0.0513. The Morgan fingerprint density at radius 2 is 1.94 bits per heavy atom. The highest BCUT2D eigenvalue weighted by Gasteiger charge is 2.28. The van der Waals surface area contributed by atoms with Crippen LogP contribution in [0.4, 0.5) is 14.5 Å². The van der Waals surface area contributed by atoms with E-state index in [1.807, 2.05) is 0 Å². The van der Waals surface area contributed by atoms with Gasteiger partial charge in [-0.3, -0.25) is 0 Å². The lowest BCUT2D eigenvalue weighted by molar-refractivity contribution is 0.280. The maximum Gasteiger partial charge on any atom is 0.149 e. The van der Waals surface area contributed by atoms with Gasteiger partial charge >= 0.3 is 0 Å². The summed E-state index contributed by atoms with van der Waals surface area (Å²) in [5.41, 5.74) is 0.323. The molecule has 1 heterocycles. The minimum atomic E-state index is -0.580. The van der Waals surface area contributed by atoms with Gasteiger partial charge < -0.3 is 10.0 Å². The second kappa shape index (κ2) is 5.22. The van der Waals surface area contributed by atoms with Crippen molar-refractivity contribution in [2.75, 3.05) is 18.0 Å². The smallest absolute Gasteiger partial charge is 0.149 e. The molecule has 0 amide bonds. The predicted molar refractivity (Wildman–Crippen MR) is 67.4 cm³/mol. The molecule has 0 bridgehead atoms. The first-order valence-electron chi connectivity index (χ1n) is 6.36. The molecule has 1 aromatic rings. The molecule has 4 heteroatoms. The molecule has 100 valence electrons. The summed E-state index contributed by atoms with van der Waals surface area (Å²) in [6.45, 7) is 5.31. The van der Waals surface area contributed by atoms with Crippen LogP contribution in [-0.2, 0) is 6.61 Å². The van der Waals surface area contributed by atoms with Gasteiger partial charge in [-0.25, -0.2) is 8.78 Å². The Labute approximate surface area is 106 Å². The number of nitrogens with zero attached hydrogens (tertiary/aromatic N) is 1. The van der Waals surface area contributed by atoms with E-state index in [0.29, 0.717) is 24.9 Å². The van der Waals surface area contributed by atoms with Gasteiger partial charge in [0.05, 0.1) is 6.61 Å². The van der Waals surface area contributed by atoms with E-state index in [-0.39, 0.29) is 17.9 Å². The highest BCUT2D eigenvalue weighted by molar-refractivity contribution is 5.51. The van der Waals surface area contributed by atoms with Crippen LogP contribution in [0.25, 0.3) is 0 Å². The van der Waals surface area contributed by atoms with Gasteiger partial charge in [0.1, 0.15) is 17.3 Å². The zero-order valence-electron chi connectivity index (χ0n) is 10.8. The maximum atomic E-state index is 13.9. The summed E-state index contributed by atoms with van der Waals surface area (Å²) in [7, 11) is 0. The van der Waals surface area contributed by atoms with Gasteiger partial charge in [-0.05, 0) is 36.0 Å². The number of benzene rings is 1. The van der Waals surface area contributed by atoms with Crippen molar-refractivity contribution in [3.63, 3.8) is 0 Å². The van der Waals surface area contributed by atoms with Crippen LogP contribution in [0.2, 0.25) is 0 Å². The largest absolute Gasteiger partial charge is 0.392 e. The van der Waals surface area contributed by atoms with E-state index in [4.69, 9.17) is 5.11 Å². The van der Waals surface area contributed by atoms with Crippen LogP contribution in [0.5, 0.6) is 0 Å². The van der Waals surface area contributed by atoms with Gasteiger partial charge in [0.2, 0.25) is 0 Å². The van der Waals surface area contributed by atoms with Gasteiger partial charge in [-0.15, -0.1) is 0 Å². The van der Waals surface area contributed by atoms with Crippen LogP contribution in [0.3, 0.4) is 0 Å². The molecule has 0 radical (unpaired) electrons. The van der Waals surface area contributed by atoms with Crippen molar-refractivity contribution in [3.8, 4) is 0 Å². The molecule has 0 spiro atoms. The zero-order valence-corrected chi connectivity index (χ0v) is 10.8. The summed E-state index contributed by atoms with van der Waals surface area (Å²) in [6.07, 6.45) is 0.971. The van der Waals surface area contributed by atoms with Crippen molar-refractivity contribution >= 4 is 5.69 Å². The Hall–Kier alpha value is -1.16. The molecule has 18 heavy (non-hydrogen) atoms. The third-order valence-electron chi connectivity index (χ3n) is 3.74.